The lowest BCUT2D eigenvalue weighted by atomic mass is 10.1. The molecular weight excluding hydrogens is 272 g/mol. The minimum atomic E-state index is -0.388. The lowest BCUT2D eigenvalue weighted by Crippen LogP contribution is -2.28. The van der Waals surface area contributed by atoms with Gasteiger partial charge in [-0.25, -0.2) is 4.79 Å². The van der Waals surface area contributed by atoms with Crippen LogP contribution in [0.3, 0.4) is 0 Å². The molecule has 21 heavy (non-hydrogen) atoms. The fourth-order valence-electron chi connectivity index (χ4n) is 2.17. The summed E-state index contributed by atoms with van der Waals surface area (Å²) in [6.45, 7) is 3.54. The zero-order valence-corrected chi connectivity index (χ0v) is 12.3. The Balaban J connectivity index is 1.89. The lowest BCUT2D eigenvalue weighted by Gasteiger charge is -2.25. The third kappa shape index (κ3) is 4.82. The van der Waals surface area contributed by atoms with Gasteiger partial charge >= 0.3 is 5.97 Å². The number of rotatable bonds is 6. The van der Waals surface area contributed by atoms with Crippen molar-refractivity contribution in [1.29, 1.82) is 0 Å². The molecular formula is C15H22N2O4. The average Bonchev–Trinajstić information content (AvgIpc) is 2.49. The SMILES string of the molecule is CCOC(=O)COc1ccc(NC2CCOCC2)c(N)c1. The summed E-state index contributed by atoms with van der Waals surface area (Å²) in [5.74, 6) is 0.165. The molecule has 1 aliphatic rings. The van der Waals surface area contributed by atoms with Crippen LogP contribution in [0.5, 0.6) is 5.75 Å². The van der Waals surface area contributed by atoms with Gasteiger partial charge in [-0.05, 0) is 31.9 Å². The van der Waals surface area contributed by atoms with Crippen LogP contribution >= 0.6 is 0 Å². The molecule has 1 saturated heterocycles. The summed E-state index contributed by atoms with van der Waals surface area (Å²) in [4.78, 5) is 11.2. The van der Waals surface area contributed by atoms with Crippen LogP contribution in [0, 0.1) is 0 Å². The summed E-state index contributed by atoms with van der Waals surface area (Å²) in [5.41, 5.74) is 7.49. The lowest BCUT2D eigenvalue weighted by molar-refractivity contribution is -0.145. The standard InChI is InChI=1S/C15H22N2O4/c1-2-20-15(18)10-21-12-3-4-14(13(16)9-12)17-11-5-7-19-8-6-11/h3-4,9,11,17H,2,5-8,10,16H2,1H3. The van der Waals surface area contributed by atoms with E-state index in [-0.39, 0.29) is 12.6 Å². The minimum absolute atomic E-state index is 0.111. The second kappa shape index (κ2) is 7.73. The molecule has 0 radical (unpaired) electrons. The second-order valence-electron chi connectivity index (χ2n) is 4.87. The molecule has 0 unspecified atom stereocenters. The highest BCUT2D eigenvalue weighted by Gasteiger charge is 2.14. The molecule has 3 N–H and O–H groups in total. The largest absolute Gasteiger partial charge is 0.482 e. The van der Waals surface area contributed by atoms with Gasteiger partial charge in [0.15, 0.2) is 6.61 Å². The fourth-order valence-corrected chi connectivity index (χ4v) is 2.17. The summed E-state index contributed by atoms with van der Waals surface area (Å²) >= 11 is 0. The number of anilines is 2. The Morgan fingerprint density at radius 3 is 2.86 bits per heavy atom. The highest BCUT2D eigenvalue weighted by molar-refractivity contribution is 5.72. The molecule has 0 aromatic heterocycles. The summed E-state index contributed by atoms with van der Waals surface area (Å²) < 4.78 is 15.5. The van der Waals surface area contributed by atoms with Gasteiger partial charge in [0.25, 0.3) is 0 Å². The highest BCUT2D eigenvalue weighted by atomic mass is 16.6. The van der Waals surface area contributed by atoms with Gasteiger partial charge in [-0.2, -0.15) is 0 Å². The van der Waals surface area contributed by atoms with Crippen molar-refractivity contribution in [2.24, 2.45) is 0 Å². The van der Waals surface area contributed by atoms with E-state index in [4.69, 9.17) is 19.9 Å². The molecule has 0 atom stereocenters. The van der Waals surface area contributed by atoms with Gasteiger partial charge in [0.1, 0.15) is 5.75 Å². The number of hydrogen-bond donors (Lipinski definition) is 2. The summed E-state index contributed by atoms with van der Waals surface area (Å²) in [5, 5.41) is 3.41. The maximum atomic E-state index is 11.2. The van der Waals surface area contributed by atoms with Gasteiger partial charge < -0.3 is 25.3 Å². The van der Waals surface area contributed by atoms with Crippen LogP contribution < -0.4 is 15.8 Å². The van der Waals surface area contributed by atoms with Crippen LogP contribution in [-0.4, -0.2) is 38.4 Å². The first-order chi connectivity index (χ1) is 10.2. The molecule has 6 nitrogen and oxygen atoms in total. The molecule has 1 aromatic rings. The van der Waals surface area contributed by atoms with E-state index in [0.29, 0.717) is 24.1 Å². The van der Waals surface area contributed by atoms with Gasteiger partial charge in [-0.15, -0.1) is 0 Å². The van der Waals surface area contributed by atoms with Crippen LogP contribution in [0.15, 0.2) is 18.2 Å². The van der Waals surface area contributed by atoms with Crippen molar-refractivity contribution < 1.29 is 19.0 Å². The van der Waals surface area contributed by atoms with Gasteiger partial charge in [0.2, 0.25) is 0 Å². The van der Waals surface area contributed by atoms with Crippen molar-refractivity contribution in [3.8, 4) is 5.75 Å². The van der Waals surface area contributed by atoms with Crippen molar-refractivity contribution in [3.63, 3.8) is 0 Å². The van der Waals surface area contributed by atoms with E-state index in [0.717, 1.165) is 31.7 Å². The number of hydrogen-bond acceptors (Lipinski definition) is 6. The third-order valence-electron chi connectivity index (χ3n) is 3.27. The maximum Gasteiger partial charge on any atom is 0.344 e. The molecule has 116 valence electrons. The summed E-state index contributed by atoms with van der Waals surface area (Å²) in [7, 11) is 0. The van der Waals surface area contributed by atoms with Gasteiger partial charge in [-0.1, -0.05) is 0 Å². The normalized spacial score (nSPS) is 15.5. The van der Waals surface area contributed by atoms with Crippen molar-refractivity contribution in [3.05, 3.63) is 18.2 Å². The number of carbonyl (C=O) groups excluding carboxylic acids is 1. The number of carbonyl (C=O) groups is 1. The molecule has 0 bridgehead atoms. The Morgan fingerprint density at radius 2 is 2.19 bits per heavy atom. The number of esters is 1. The predicted molar refractivity (Wildman–Crippen MR) is 80.4 cm³/mol. The van der Waals surface area contributed by atoms with Crippen LogP contribution in [-0.2, 0) is 14.3 Å². The maximum absolute atomic E-state index is 11.2. The van der Waals surface area contributed by atoms with E-state index in [1.54, 1.807) is 19.1 Å². The minimum Gasteiger partial charge on any atom is -0.482 e. The fraction of sp³-hybridized carbons (Fsp3) is 0.533. The first kappa shape index (κ1) is 15.4. The number of nitrogens with one attached hydrogen (secondary N) is 1. The smallest absolute Gasteiger partial charge is 0.344 e. The molecule has 0 aliphatic carbocycles. The summed E-state index contributed by atoms with van der Waals surface area (Å²) in [6, 6.07) is 5.75. The van der Waals surface area contributed by atoms with Crippen LogP contribution in [0.25, 0.3) is 0 Å². The monoisotopic (exact) mass is 294 g/mol. The van der Waals surface area contributed by atoms with E-state index in [1.807, 2.05) is 6.07 Å². The molecule has 0 amide bonds. The first-order valence-electron chi connectivity index (χ1n) is 7.21. The van der Waals surface area contributed by atoms with Gasteiger partial charge in [0, 0.05) is 25.3 Å². The first-order valence-corrected chi connectivity index (χ1v) is 7.21. The molecule has 2 rings (SSSR count). The van der Waals surface area contributed by atoms with Gasteiger partial charge in [-0.3, -0.25) is 0 Å². The Bertz CT molecular complexity index is 473. The number of nitrogens with two attached hydrogens (primary N) is 1. The zero-order valence-electron chi connectivity index (χ0n) is 12.3. The molecule has 1 aromatic carbocycles. The van der Waals surface area contributed by atoms with Crippen LogP contribution in [0.4, 0.5) is 11.4 Å². The number of ether oxygens (including phenoxy) is 3. The molecule has 6 heteroatoms. The Morgan fingerprint density at radius 1 is 1.43 bits per heavy atom. The summed E-state index contributed by atoms with van der Waals surface area (Å²) in [6.07, 6.45) is 1.95. The van der Waals surface area contributed by atoms with Crippen molar-refractivity contribution in [2.75, 3.05) is 37.5 Å². The Kier molecular flexibility index (Phi) is 5.68. The average molecular weight is 294 g/mol. The van der Waals surface area contributed by atoms with E-state index in [2.05, 4.69) is 5.32 Å². The van der Waals surface area contributed by atoms with E-state index in [9.17, 15) is 4.79 Å². The third-order valence-corrected chi connectivity index (χ3v) is 3.27. The molecule has 1 aliphatic heterocycles. The Labute approximate surface area is 124 Å². The van der Waals surface area contributed by atoms with E-state index < -0.39 is 0 Å². The molecule has 1 fully saturated rings. The van der Waals surface area contributed by atoms with E-state index in [1.165, 1.54) is 0 Å². The van der Waals surface area contributed by atoms with Crippen LogP contribution in [0.1, 0.15) is 19.8 Å². The number of benzene rings is 1. The zero-order chi connectivity index (χ0) is 15.1. The predicted octanol–water partition coefficient (Wildman–Crippen LogP) is 1.80. The molecule has 0 saturated carbocycles. The number of nitrogen functional groups attached to an aromatic ring is 1. The van der Waals surface area contributed by atoms with Gasteiger partial charge in [0.05, 0.1) is 18.0 Å². The molecule has 0 spiro atoms. The second-order valence-corrected chi connectivity index (χ2v) is 4.87. The van der Waals surface area contributed by atoms with E-state index >= 15 is 0 Å². The van der Waals surface area contributed by atoms with Crippen molar-refractivity contribution >= 4 is 17.3 Å². The molecule has 1 heterocycles. The van der Waals surface area contributed by atoms with Crippen LogP contribution in [0.2, 0.25) is 0 Å². The highest BCUT2D eigenvalue weighted by Crippen LogP contribution is 2.26. The topological polar surface area (TPSA) is 82.8 Å². The quantitative estimate of drug-likeness (QED) is 0.615. The van der Waals surface area contributed by atoms with Crippen molar-refractivity contribution in [1.82, 2.24) is 0 Å². The van der Waals surface area contributed by atoms with Crippen molar-refractivity contribution in [2.45, 2.75) is 25.8 Å². The Hall–Kier alpha value is -1.95.